The van der Waals surface area contributed by atoms with E-state index in [0.717, 1.165) is 18.1 Å². The minimum Gasteiger partial charge on any atom is -0.394 e. The van der Waals surface area contributed by atoms with Crippen molar-refractivity contribution in [3.05, 3.63) is 6.20 Å². The maximum Gasteiger partial charge on any atom is 0.171 e. The molecule has 0 aromatic carbocycles. The van der Waals surface area contributed by atoms with E-state index in [4.69, 9.17) is 5.73 Å². The number of nitrogens with one attached hydrogen (secondary N) is 1. The van der Waals surface area contributed by atoms with Crippen molar-refractivity contribution in [1.29, 1.82) is 0 Å². The van der Waals surface area contributed by atoms with E-state index in [2.05, 4.69) is 38.1 Å². The summed E-state index contributed by atoms with van der Waals surface area (Å²) in [7, 11) is 0. The van der Waals surface area contributed by atoms with Gasteiger partial charge in [-0.05, 0) is 19.8 Å². The quantitative estimate of drug-likeness (QED) is 0.839. The standard InChI is InChI=1S/C10H20N4.ClH/c1-7(2)5-12-10-9(11)6-14(13-10)8(3)4;/h6-8H,5,11H2,1-4H3,(H,12,13);1H. The second-order valence-corrected chi connectivity index (χ2v) is 4.28. The molecule has 0 spiro atoms. The highest BCUT2D eigenvalue weighted by Crippen LogP contribution is 2.18. The van der Waals surface area contributed by atoms with E-state index in [0.29, 0.717) is 12.0 Å². The number of nitrogen functional groups attached to an aromatic ring is 1. The van der Waals surface area contributed by atoms with Crippen LogP contribution in [0.25, 0.3) is 0 Å². The second kappa shape index (κ2) is 5.85. The number of anilines is 2. The summed E-state index contributed by atoms with van der Waals surface area (Å²) in [6.45, 7) is 9.38. The van der Waals surface area contributed by atoms with Crippen molar-refractivity contribution in [3.8, 4) is 0 Å². The van der Waals surface area contributed by atoms with Gasteiger partial charge in [0.05, 0.1) is 11.9 Å². The second-order valence-electron chi connectivity index (χ2n) is 4.28. The molecule has 3 N–H and O–H groups in total. The first-order chi connectivity index (χ1) is 6.50. The molecule has 1 aromatic heterocycles. The fraction of sp³-hybridized carbons (Fsp3) is 0.700. The van der Waals surface area contributed by atoms with Gasteiger partial charge in [0.15, 0.2) is 5.82 Å². The highest BCUT2D eigenvalue weighted by atomic mass is 35.5. The maximum atomic E-state index is 5.82. The fourth-order valence-corrected chi connectivity index (χ4v) is 1.11. The van der Waals surface area contributed by atoms with Crippen molar-refractivity contribution in [2.45, 2.75) is 33.7 Å². The lowest BCUT2D eigenvalue weighted by molar-refractivity contribution is 0.533. The number of halogens is 1. The maximum absolute atomic E-state index is 5.82. The molecule has 0 bridgehead atoms. The fourth-order valence-electron chi connectivity index (χ4n) is 1.11. The van der Waals surface area contributed by atoms with E-state index in [1.54, 1.807) is 0 Å². The lowest BCUT2D eigenvalue weighted by Crippen LogP contribution is -2.10. The average Bonchev–Trinajstić information content (AvgIpc) is 2.43. The van der Waals surface area contributed by atoms with Gasteiger partial charge < -0.3 is 11.1 Å². The Bertz CT molecular complexity index is 294. The van der Waals surface area contributed by atoms with E-state index < -0.39 is 0 Å². The van der Waals surface area contributed by atoms with Crippen LogP contribution in [0.15, 0.2) is 6.20 Å². The van der Waals surface area contributed by atoms with E-state index in [9.17, 15) is 0 Å². The Morgan fingerprint density at radius 3 is 2.40 bits per heavy atom. The lowest BCUT2D eigenvalue weighted by atomic mass is 10.2. The summed E-state index contributed by atoms with van der Waals surface area (Å²) in [4.78, 5) is 0. The summed E-state index contributed by atoms with van der Waals surface area (Å²) in [6.07, 6.45) is 1.87. The van der Waals surface area contributed by atoms with Gasteiger partial charge in [0.25, 0.3) is 0 Å². The van der Waals surface area contributed by atoms with Crippen molar-refractivity contribution >= 4 is 23.9 Å². The zero-order valence-electron chi connectivity index (χ0n) is 9.82. The highest BCUT2D eigenvalue weighted by molar-refractivity contribution is 5.85. The predicted octanol–water partition coefficient (Wildman–Crippen LogP) is 2.54. The van der Waals surface area contributed by atoms with Crippen LogP contribution >= 0.6 is 12.4 Å². The molecule has 1 rings (SSSR count). The van der Waals surface area contributed by atoms with Gasteiger partial charge in [0.2, 0.25) is 0 Å². The molecule has 0 radical (unpaired) electrons. The summed E-state index contributed by atoms with van der Waals surface area (Å²) in [6, 6.07) is 0.354. The molecule has 0 aliphatic rings. The van der Waals surface area contributed by atoms with Crippen LogP contribution in [0.3, 0.4) is 0 Å². The SMILES string of the molecule is CC(C)CNc1nn(C(C)C)cc1N.Cl. The van der Waals surface area contributed by atoms with Crippen molar-refractivity contribution in [2.75, 3.05) is 17.6 Å². The third kappa shape index (κ3) is 4.00. The van der Waals surface area contributed by atoms with Crippen LogP contribution in [-0.2, 0) is 0 Å². The molecule has 88 valence electrons. The van der Waals surface area contributed by atoms with Crippen LogP contribution in [0.1, 0.15) is 33.7 Å². The van der Waals surface area contributed by atoms with Gasteiger partial charge in [0.1, 0.15) is 0 Å². The van der Waals surface area contributed by atoms with Crippen molar-refractivity contribution < 1.29 is 0 Å². The summed E-state index contributed by atoms with van der Waals surface area (Å²) in [5.74, 6) is 1.39. The first-order valence-corrected chi connectivity index (χ1v) is 5.09. The Morgan fingerprint density at radius 1 is 1.40 bits per heavy atom. The Kier molecular flexibility index (Phi) is 5.50. The predicted molar refractivity (Wildman–Crippen MR) is 67.6 cm³/mol. The summed E-state index contributed by atoms with van der Waals surface area (Å²) in [5.41, 5.74) is 6.54. The van der Waals surface area contributed by atoms with Crippen molar-refractivity contribution in [3.63, 3.8) is 0 Å². The third-order valence-corrected chi connectivity index (χ3v) is 1.97. The van der Waals surface area contributed by atoms with E-state index >= 15 is 0 Å². The number of nitrogens with two attached hydrogens (primary N) is 1. The Balaban J connectivity index is 0.00000196. The van der Waals surface area contributed by atoms with Gasteiger partial charge in [-0.1, -0.05) is 13.8 Å². The van der Waals surface area contributed by atoms with E-state index in [-0.39, 0.29) is 12.4 Å². The van der Waals surface area contributed by atoms with Crippen molar-refractivity contribution in [2.24, 2.45) is 5.92 Å². The molecule has 0 saturated carbocycles. The minimum atomic E-state index is 0. The van der Waals surface area contributed by atoms with Crippen LogP contribution < -0.4 is 11.1 Å². The van der Waals surface area contributed by atoms with Gasteiger partial charge in [-0.15, -0.1) is 12.4 Å². The van der Waals surface area contributed by atoms with Gasteiger partial charge in [-0.25, -0.2) is 0 Å². The third-order valence-electron chi connectivity index (χ3n) is 1.97. The number of hydrogen-bond acceptors (Lipinski definition) is 3. The lowest BCUT2D eigenvalue weighted by Gasteiger charge is -2.07. The molecule has 4 nitrogen and oxygen atoms in total. The van der Waals surface area contributed by atoms with Gasteiger partial charge in [-0.2, -0.15) is 5.10 Å². The monoisotopic (exact) mass is 232 g/mol. The molecule has 1 aromatic rings. The molecular formula is C10H21ClN4. The highest BCUT2D eigenvalue weighted by Gasteiger charge is 2.07. The number of hydrogen-bond donors (Lipinski definition) is 2. The Labute approximate surface area is 97.6 Å². The average molecular weight is 233 g/mol. The van der Waals surface area contributed by atoms with Crippen LogP contribution in [-0.4, -0.2) is 16.3 Å². The molecule has 0 amide bonds. The summed E-state index contributed by atoms with van der Waals surface area (Å²) < 4.78 is 1.87. The molecule has 5 heteroatoms. The topological polar surface area (TPSA) is 55.9 Å². The smallest absolute Gasteiger partial charge is 0.171 e. The Morgan fingerprint density at radius 2 is 2.00 bits per heavy atom. The number of rotatable bonds is 4. The van der Waals surface area contributed by atoms with Gasteiger partial charge in [0, 0.05) is 12.6 Å². The van der Waals surface area contributed by atoms with Gasteiger partial charge >= 0.3 is 0 Å². The largest absolute Gasteiger partial charge is 0.394 e. The van der Waals surface area contributed by atoms with Gasteiger partial charge in [-0.3, -0.25) is 4.68 Å². The molecular weight excluding hydrogens is 212 g/mol. The molecule has 0 aliphatic carbocycles. The molecule has 0 unspecified atom stereocenters. The summed E-state index contributed by atoms with van der Waals surface area (Å²) >= 11 is 0. The van der Waals surface area contributed by atoms with Crippen molar-refractivity contribution in [1.82, 2.24) is 9.78 Å². The molecule has 0 aliphatic heterocycles. The van der Waals surface area contributed by atoms with Crippen LogP contribution in [0.5, 0.6) is 0 Å². The minimum absolute atomic E-state index is 0. The Hall–Kier alpha value is -0.900. The first-order valence-electron chi connectivity index (χ1n) is 5.09. The zero-order chi connectivity index (χ0) is 10.7. The van der Waals surface area contributed by atoms with Crippen LogP contribution in [0.4, 0.5) is 11.5 Å². The molecule has 0 atom stereocenters. The zero-order valence-corrected chi connectivity index (χ0v) is 10.6. The molecule has 0 fully saturated rings. The van der Waals surface area contributed by atoms with E-state index in [1.165, 1.54) is 0 Å². The number of nitrogens with zero attached hydrogens (tertiary/aromatic N) is 2. The van der Waals surface area contributed by atoms with Crippen LogP contribution in [0, 0.1) is 5.92 Å². The molecule has 0 saturated heterocycles. The molecule has 15 heavy (non-hydrogen) atoms. The van der Waals surface area contributed by atoms with E-state index in [1.807, 2.05) is 10.9 Å². The summed E-state index contributed by atoms with van der Waals surface area (Å²) in [5, 5.41) is 7.59. The first kappa shape index (κ1) is 14.1. The molecule has 1 heterocycles. The normalized spacial score (nSPS) is 10.5. The van der Waals surface area contributed by atoms with Crippen LogP contribution in [0.2, 0.25) is 0 Å². The number of aromatic nitrogens is 2.